The molecule has 0 aromatic heterocycles. The van der Waals surface area contributed by atoms with Crippen molar-refractivity contribution in [2.24, 2.45) is 4.99 Å². The predicted molar refractivity (Wildman–Crippen MR) is 97.1 cm³/mol. The molecule has 0 spiro atoms. The first-order chi connectivity index (χ1) is 11.2. The first-order valence-electron chi connectivity index (χ1n) is 8.25. The number of nitrogens with zero attached hydrogens (tertiary/aromatic N) is 1. The first kappa shape index (κ1) is 17.8. The Morgan fingerprint density at radius 3 is 3.00 bits per heavy atom. The van der Waals surface area contributed by atoms with Crippen molar-refractivity contribution < 1.29 is 4.74 Å². The van der Waals surface area contributed by atoms with Gasteiger partial charge in [0.1, 0.15) is 0 Å². The van der Waals surface area contributed by atoms with Crippen molar-refractivity contribution in [3.63, 3.8) is 0 Å². The molecule has 2 N–H and O–H groups in total. The van der Waals surface area contributed by atoms with Crippen LogP contribution in [0.3, 0.4) is 0 Å². The van der Waals surface area contributed by atoms with E-state index in [1.165, 1.54) is 5.57 Å². The standard InChI is InChI=1S/C18H26ClN3O/c1-3-20-18(21-10-7-15-8-11-23-12-9-15)22-14(2)16-5-4-6-17(19)13-16/h4-6,8,13-14H,3,7,9-12H2,1-2H3,(H2,20,21,22). The van der Waals surface area contributed by atoms with Crippen molar-refractivity contribution >= 4 is 17.6 Å². The number of nitrogens with one attached hydrogen (secondary N) is 2. The number of benzene rings is 1. The third-order valence-corrected chi connectivity index (χ3v) is 4.04. The van der Waals surface area contributed by atoms with Gasteiger partial charge in [-0.3, -0.25) is 4.99 Å². The molecule has 5 heteroatoms. The Morgan fingerprint density at radius 1 is 1.43 bits per heavy atom. The Kier molecular flexibility index (Phi) is 7.43. The minimum absolute atomic E-state index is 0.147. The Balaban J connectivity index is 1.91. The van der Waals surface area contributed by atoms with Crippen LogP contribution in [0.5, 0.6) is 0 Å². The van der Waals surface area contributed by atoms with Crippen LogP contribution in [-0.2, 0) is 4.74 Å². The third-order valence-electron chi connectivity index (χ3n) is 3.81. The summed E-state index contributed by atoms with van der Waals surface area (Å²) < 4.78 is 5.33. The zero-order valence-corrected chi connectivity index (χ0v) is 14.7. The minimum Gasteiger partial charge on any atom is -0.377 e. The molecule has 126 valence electrons. The van der Waals surface area contributed by atoms with Crippen molar-refractivity contribution in [3.05, 3.63) is 46.5 Å². The lowest BCUT2D eigenvalue weighted by atomic mass is 10.1. The normalized spacial score (nSPS) is 16.7. The monoisotopic (exact) mass is 335 g/mol. The van der Waals surface area contributed by atoms with Gasteiger partial charge < -0.3 is 15.4 Å². The summed E-state index contributed by atoms with van der Waals surface area (Å²) in [7, 11) is 0. The first-order valence-corrected chi connectivity index (χ1v) is 8.62. The molecule has 0 saturated heterocycles. The van der Waals surface area contributed by atoms with Crippen LogP contribution in [0.15, 0.2) is 40.9 Å². The van der Waals surface area contributed by atoms with Crippen molar-refractivity contribution in [1.82, 2.24) is 10.6 Å². The molecule has 1 aromatic rings. The van der Waals surface area contributed by atoms with E-state index in [9.17, 15) is 0 Å². The quantitative estimate of drug-likeness (QED) is 0.473. The van der Waals surface area contributed by atoms with E-state index >= 15 is 0 Å². The summed E-state index contributed by atoms with van der Waals surface area (Å²) in [6.07, 6.45) is 4.19. The fourth-order valence-electron chi connectivity index (χ4n) is 2.49. The van der Waals surface area contributed by atoms with Crippen LogP contribution in [0.2, 0.25) is 5.02 Å². The molecule has 0 aliphatic carbocycles. The summed E-state index contributed by atoms with van der Waals surface area (Å²) in [4.78, 5) is 4.68. The van der Waals surface area contributed by atoms with E-state index in [1.54, 1.807) is 0 Å². The van der Waals surface area contributed by atoms with Crippen molar-refractivity contribution in [2.75, 3.05) is 26.3 Å². The molecule has 1 atom stereocenters. The molecule has 0 radical (unpaired) electrons. The fourth-order valence-corrected chi connectivity index (χ4v) is 2.69. The van der Waals surface area contributed by atoms with Crippen LogP contribution < -0.4 is 10.6 Å². The molecule has 0 fully saturated rings. The van der Waals surface area contributed by atoms with Gasteiger partial charge in [-0.1, -0.05) is 35.4 Å². The van der Waals surface area contributed by atoms with Crippen LogP contribution >= 0.6 is 11.6 Å². The molecule has 1 unspecified atom stereocenters. The number of ether oxygens (including phenoxy) is 1. The molecule has 0 bridgehead atoms. The average Bonchev–Trinajstić information content (AvgIpc) is 2.56. The molecule has 23 heavy (non-hydrogen) atoms. The lowest BCUT2D eigenvalue weighted by molar-refractivity contribution is 0.153. The number of rotatable bonds is 6. The molecule has 4 nitrogen and oxygen atoms in total. The molecule has 1 aromatic carbocycles. The van der Waals surface area contributed by atoms with Crippen LogP contribution in [-0.4, -0.2) is 32.3 Å². The smallest absolute Gasteiger partial charge is 0.191 e. The van der Waals surface area contributed by atoms with E-state index in [0.29, 0.717) is 0 Å². The van der Waals surface area contributed by atoms with Crippen molar-refractivity contribution in [2.45, 2.75) is 32.7 Å². The highest BCUT2D eigenvalue weighted by Gasteiger charge is 2.08. The Labute approximate surface area is 144 Å². The number of hydrogen-bond donors (Lipinski definition) is 2. The van der Waals surface area contributed by atoms with E-state index in [0.717, 1.165) is 55.7 Å². The lowest BCUT2D eigenvalue weighted by Crippen LogP contribution is -2.38. The van der Waals surface area contributed by atoms with Gasteiger partial charge in [-0.15, -0.1) is 0 Å². The van der Waals surface area contributed by atoms with E-state index in [1.807, 2.05) is 18.2 Å². The number of guanidine groups is 1. The van der Waals surface area contributed by atoms with Crippen LogP contribution in [0.25, 0.3) is 0 Å². The summed E-state index contributed by atoms with van der Waals surface area (Å²) in [5.74, 6) is 0.840. The average molecular weight is 336 g/mol. The largest absolute Gasteiger partial charge is 0.377 e. The van der Waals surface area contributed by atoms with Crippen LogP contribution in [0, 0.1) is 0 Å². The Hall–Kier alpha value is -1.52. The summed E-state index contributed by atoms with van der Waals surface area (Å²) in [5.41, 5.74) is 2.59. The van der Waals surface area contributed by atoms with Crippen LogP contribution in [0.4, 0.5) is 0 Å². The minimum atomic E-state index is 0.147. The van der Waals surface area contributed by atoms with Crippen LogP contribution in [0.1, 0.15) is 38.3 Å². The topological polar surface area (TPSA) is 45.7 Å². The predicted octanol–water partition coefficient (Wildman–Crippen LogP) is 3.69. The molecular weight excluding hydrogens is 310 g/mol. The lowest BCUT2D eigenvalue weighted by Gasteiger charge is -2.19. The zero-order valence-electron chi connectivity index (χ0n) is 13.9. The highest BCUT2D eigenvalue weighted by atomic mass is 35.5. The van der Waals surface area contributed by atoms with Gasteiger partial charge >= 0.3 is 0 Å². The van der Waals surface area contributed by atoms with Gasteiger partial charge in [0.15, 0.2) is 5.96 Å². The second-order valence-corrected chi connectivity index (χ2v) is 6.06. The fraction of sp³-hybridized carbons (Fsp3) is 0.500. The van der Waals surface area contributed by atoms with E-state index < -0.39 is 0 Å². The molecule has 2 rings (SSSR count). The van der Waals surface area contributed by atoms with Gasteiger partial charge in [-0.05, 0) is 44.4 Å². The van der Waals surface area contributed by atoms with E-state index in [-0.39, 0.29) is 6.04 Å². The summed E-state index contributed by atoms with van der Waals surface area (Å²) >= 11 is 6.07. The Morgan fingerprint density at radius 2 is 2.30 bits per heavy atom. The van der Waals surface area contributed by atoms with Crippen molar-refractivity contribution in [1.29, 1.82) is 0 Å². The second-order valence-electron chi connectivity index (χ2n) is 5.62. The SMILES string of the molecule is CCNC(=NCCC1=CCOCC1)NC(C)c1cccc(Cl)c1. The maximum Gasteiger partial charge on any atom is 0.191 e. The maximum atomic E-state index is 6.07. The van der Waals surface area contributed by atoms with Crippen molar-refractivity contribution in [3.8, 4) is 0 Å². The number of halogens is 1. The zero-order chi connectivity index (χ0) is 16.5. The second kappa shape index (κ2) is 9.58. The van der Waals surface area contributed by atoms with Gasteiger partial charge in [0.05, 0.1) is 19.3 Å². The summed E-state index contributed by atoms with van der Waals surface area (Å²) in [6, 6.07) is 8.06. The van der Waals surface area contributed by atoms with E-state index in [4.69, 9.17) is 16.3 Å². The summed E-state index contributed by atoms with van der Waals surface area (Å²) in [6.45, 7) is 7.37. The van der Waals surface area contributed by atoms with Gasteiger partial charge in [0.2, 0.25) is 0 Å². The molecule has 1 heterocycles. The molecule has 0 saturated carbocycles. The number of hydrogen-bond acceptors (Lipinski definition) is 2. The molecular formula is C18H26ClN3O. The number of aliphatic imine (C=N–C) groups is 1. The Bertz CT molecular complexity index is 557. The highest BCUT2D eigenvalue weighted by Crippen LogP contribution is 2.17. The molecule has 1 aliphatic rings. The molecule has 1 aliphatic heterocycles. The molecule has 0 amide bonds. The highest BCUT2D eigenvalue weighted by molar-refractivity contribution is 6.30. The van der Waals surface area contributed by atoms with E-state index in [2.05, 4.69) is 41.6 Å². The van der Waals surface area contributed by atoms with Gasteiger partial charge in [-0.2, -0.15) is 0 Å². The third kappa shape index (κ3) is 6.24. The van der Waals surface area contributed by atoms with Gasteiger partial charge in [-0.25, -0.2) is 0 Å². The summed E-state index contributed by atoms with van der Waals surface area (Å²) in [5, 5.41) is 7.49. The van der Waals surface area contributed by atoms with Gasteiger partial charge in [0.25, 0.3) is 0 Å². The maximum absolute atomic E-state index is 6.07. The van der Waals surface area contributed by atoms with Gasteiger partial charge in [0, 0.05) is 18.1 Å².